The molecule has 0 unspecified atom stereocenters. The number of hydrogen-bond acceptors (Lipinski definition) is 6. The number of aromatic nitrogens is 4. The summed E-state index contributed by atoms with van der Waals surface area (Å²) < 4.78 is 43.0. The van der Waals surface area contributed by atoms with Crippen molar-refractivity contribution in [1.29, 1.82) is 0 Å². The molecule has 26 heavy (non-hydrogen) atoms. The fraction of sp³-hybridized carbons (Fsp3) is 0.200. The molecule has 0 saturated heterocycles. The van der Waals surface area contributed by atoms with E-state index < -0.39 is 18.1 Å². The molecule has 8 nitrogen and oxygen atoms in total. The molecular weight excluding hydrogens is 355 g/mol. The maximum atomic E-state index is 12.5. The van der Waals surface area contributed by atoms with Gasteiger partial charge in [-0.05, 0) is 5.56 Å². The Labute approximate surface area is 144 Å². The van der Waals surface area contributed by atoms with Crippen LogP contribution >= 0.6 is 0 Å². The normalized spacial score (nSPS) is 11.5. The summed E-state index contributed by atoms with van der Waals surface area (Å²) in [6, 6.07) is 5.84. The van der Waals surface area contributed by atoms with E-state index >= 15 is 0 Å². The fourth-order valence-electron chi connectivity index (χ4n) is 2.09. The molecule has 136 valence electrons. The van der Waals surface area contributed by atoms with E-state index in [1.807, 2.05) is 0 Å². The molecule has 0 aliphatic rings. The highest BCUT2D eigenvalue weighted by molar-refractivity contribution is 5.75. The second-order valence-electron chi connectivity index (χ2n) is 5.09. The number of carbonyl (C=O) groups is 1. The van der Waals surface area contributed by atoms with Gasteiger partial charge in [0.25, 0.3) is 0 Å². The molecule has 0 atom stereocenters. The smallest absolute Gasteiger partial charge is 0.329 e. The number of alkyl halides is 3. The van der Waals surface area contributed by atoms with Gasteiger partial charge in [0.2, 0.25) is 5.82 Å². The molecule has 0 N–H and O–H groups in total. The minimum absolute atomic E-state index is 0.119. The number of halogens is 3. The minimum Gasteiger partial charge on any atom is -0.329 e. The van der Waals surface area contributed by atoms with Crippen LogP contribution in [0.25, 0.3) is 11.4 Å². The van der Waals surface area contributed by atoms with Crippen LogP contribution in [0.5, 0.6) is 0 Å². The van der Waals surface area contributed by atoms with Crippen LogP contribution in [0.1, 0.15) is 11.5 Å². The highest BCUT2D eigenvalue weighted by Crippen LogP contribution is 2.29. The monoisotopic (exact) mass is 367 g/mol. The second-order valence-corrected chi connectivity index (χ2v) is 5.09. The zero-order valence-electron chi connectivity index (χ0n) is 13.3. The molecule has 0 saturated carbocycles. The summed E-state index contributed by atoms with van der Waals surface area (Å²) in [5.74, 6) is -1.59. The van der Waals surface area contributed by atoms with Gasteiger partial charge in [-0.3, -0.25) is 9.40 Å². The molecule has 3 aromatic rings. The van der Waals surface area contributed by atoms with Gasteiger partial charge in [-0.2, -0.15) is 23.2 Å². The van der Waals surface area contributed by atoms with E-state index in [0.29, 0.717) is 11.1 Å². The molecule has 0 spiro atoms. The molecule has 2 aromatic heterocycles. The lowest BCUT2D eigenvalue weighted by atomic mass is 10.1. The lowest BCUT2D eigenvalue weighted by molar-refractivity contribution is -0.159. The molecule has 0 aliphatic heterocycles. The van der Waals surface area contributed by atoms with Gasteiger partial charge in [0.05, 0.1) is 13.7 Å². The number of hydrogen-bond donors (Lipinski definition) is 0. The lowest BCUT2D eigenvalue weighted by Crippen LogP contribution is -2.32. The molecule has 1 aromatic carbocycles. The Hall–Kier alpha value is -3.21. The van der Waals surface area contributed by atoms with Crippen molar-refractivity contribution >= 4 is 6.03 Å². The van der Waals surface area contributed by atoms with Crippen molar-refractivity contribution in [2.45, 2.75) is 12.7 Å². The maximum Gasteiger partial charge on any atom is 0.471 e. The molecule has 1 amide bonds. The lowest BCUT2D eigenvalue weighted by Gasteiger charge is -2.19. The highest BCUT2D eigenvalue weighted by Gasteiger charge is 2.38. The van der Waals surface area contributed by atoms with E-state index in [1.165, 1.54) is 42.5 Å². The highest BCUT2D eigenvalue weighted by atomic mass is 19.4. The molecule has 11 heteroatoms. The maximum absolute atomic E-state index is 12.5. The van der Waals surface area contributed by atoms with Crippen molar-refractivity contribution in [3.8, 4) is 11.4 Å². The van der Waals surface area contributed by atoms with Gasteiger partial charge in [0.15, 0.2) is 0 Å². The van der Waals surface area contributed by atoms with Gasteiger partial charge in [-0.25, -0.2) is 9.78 Å². The number of benzene rings is 1. The van der Waals surface area contributed by atoms with E-state index in [2.05, 4.69) is 19.6 Å². The van der Waals surface area contributed by atoms with Gasteiger partial charge in [-0.1, -0.05) is 29.4 Å². The van der Waals surface area contributed by atoms with E-state index in [4.69, 9.17) is 4.84 Å². The van der Waals surface area contributed by atoms with Crippen LogP contribution in [-0.2, 0) is 17.6 Å². The average molecular weight is 367 g/mol. The van der Waals surface area contributed by atoms with E-state index in [-0.39, 0.29) is 12.4 Å². The summed E-state index contributed by atoms with van der Waals surface area (Å²) in [4.78, 5) is 24.4. The van der Waals surface area contributed by atoms with Crippen molar-refractivity contribution in [3.05, 3.63) is 54.4 Å². The van der Waals surface area contributed by atoms with Crippen LogP contribution in [0.3, 0.4) is 0 Å². The summed E-state index contributed by atoms with van der Waals surface area (Å²) in [6.07, 6.45) is -0.420. The number of carbonyl (C=O) groups excluding carboxylic acids is 1. The third kappa shape index (κ3) is 3.72. The average Bonchev–Trinajstić information content (AvgIpc) is 3.30. The predicted molar refractivity (Wildman–Crippen MR) is 80.3 cm³/mol. The first-order valence-electron chi connectivity index (χ1n) is 7.22. The van der Waals surface area contributed by atoms with E-state index in [9.17, 15) is 18.0 Å². The molecule has 0 radical (unpaired) electrons. The van der Waals surface area contributed by atoms with Gasteiger partial charge in [0.1, 0.15) is 6.33 Å². The Morgan fingerprint density at radius 2 is 2.04 bits per heavy atom. The Balaban J connectivity index is 1.73. The number of hydroxylamine groups is 2. The number of rotatable bonds is 4. The molecule has 2 heterocycles. The Kier molecular flexibility index (Phi) is 4.71. The van der Waals surface area contributed by atoms with Gasteiger partial charge in [0, 0.05) is 18.0 Å². The number of imidazole rings is 1. The van der Waals surface area contributed by atoms with Crippen LogP contribution in [0.15, 0.2) is 47.5 Å². The third-order valence-corrected chi connectivity index (χ3v) is 3.37. The molecule has 0 fully saturated rings. The van der Waals surface area contributed by atoms with Crippen LogP contribution < -0.4 is 0 Å². The topological polar surface area (TPSA) is 86.3 Å². The van der Waals surface area contributed by atoms with Crippen LogP contribution in [0, 0.1) is 0 Å². The Morgan fingerprint density at radius 3 is 2.58 bits per heavy atom. The first kappa shape index (κ1) is 17.6. The molecule has 0 bridgehead atoms. The van der Waals surface area contributed by atoms with E-state index in [1.54, 1.807) is 12.1 Å². The summed E-state index contributed by atoms with van der Waals surface area (Å²) in [5, 5.41) is 4.42. The van der Waals surface area contributed by atoms with Gasteiger partial charge >= 0.3 is 18.1 Å². The van der Waals surface area contributed by atoms with Crippen molar-refractivity contribution in [2.24, 2.45) is 0 Å². The zero-order chi connectivity index (χ0) is 18.7. The molecular formula is C15H12F3N5O3. The van der Waals surface area contributed by atoms with Gasteiger partial charge in [-0.15, -0.1) is 0 Å². The third-order valence-electron chi connectivity index (χ3n) is 3.37. The van der Waals surface area contributed by atoms with Crippen LogP contribution in [0.4, 0.5) is 18.0 Å². The first-order valence-corrected chi connectivity index (χ1v) is 7.22. The summed E-state index contributed by atoms with van der Waals surface area (Å²) in [5.41, 5.74) is 1.03. The molecule has 3 rings (SSSR count). The zero-order valence-corrected chi connectivity index (χ0v) is 13.3. The summed E-state index contributed by atoms with van der Waals surface area (Å²) >= 11 is 0. The first-order chi connectivity index (χ1) is 12.4. The van der Waals surface area contributed by atoms with Gasteiger partial charge < -0.3 is 4.52 Å². The minimum atomic E-state index is -4.70. The summed E-state index contributed by atoms with van der Waals surface area (Å²) in [6.45, 7) is 0.119. The fourth-order valence-corrected chi connectivity index (χ4v) is 2.09. The van der Waals surface area contributed by atoms with Crippen molar-refractivity contribution in [2.75, 3.05) is 7.11 Å². The second kappa shape index (κ2) is 6.96. The number of nitrogens with zero attached hydrogens (tertiary/aromatic N) is 5. The Morgan fingerprint density at radius 1 is 1.31 bits per heavy atom. The summed E-state index contributed by atoms with van der Waals surface area (Å²) in [7, 11) is 1.35. The predicted octanol–water partition coefficient (Wildman–Crippen LogP) is 2.98. The largest absolute Gasteiger partial charge is 0.471 e. The molecule has 0 aliphatic carbocycles. The van der Waals surface area contributed by atoms with Crippen molar-refractivity contribution < 1.29 is 27.3 Å². The van der Waals surface area contributed by atoms with Crippen molar-refractivity contribution in [1.82, 2.24) is 24.8 Å². The quantitative estimate of drug-likeness (QED) is 0.659. The standard InChI is InChI=1S/C15H12F3N5O3/c1-25-23(14(24)22-7-6-19-9-22)8-10-2-4-11(5-3-10)12-20-13(26-21-12)15(16,17)18/h2-7,9H,8H2,1H3. The van der Waals surface area contributed by atoms with Crippen LogP contribution in [0.2, 0.25) is 0 Å². The van der Waals surface area contributed by atoms with E-state index in [0.717, 1.165) is 5.06 Å². The number of amides is 1. The Bertz CT molecular complexity index is 875. The SMILES string of the molecule is CON(Cc1ccc(-c2noc(C(F)(F)F)n2)cc1)C(=O)n1ccnc1. The van der Waals surface area contributed by atoms with Crippen LogP contribution in [-0.4, -0.2) is 37.9 Å². The van der Waals surface area contributed by atoms with Crippen molar-refractivity contribution in [3.63, 3.8) is 0 Å².